The molecule has 2 nitrogen and oxygen atoms in total. The summed E-state index contributed by atoms with van der Waals surface area (Å²) < 4.78 is 4.88. The Labute approximate surface area is 246 Å². The monoisotopic (exact) mass is 552 g/mol. The van der Waals surface area contributed by atoms with Gasteiger partial charge in [-0.25, -0.2) is 4.98 Å². The Kier molecular flexibility index (Phi) is 5.10. The Bertz CT molecular complexity index is 2460. The first kappa shape index (κ1) is 23.5. The minimum Gasteiger partial charge on any atom is -0.299 e. The molecule has 9 rings (SSSR count). The highest BCUT2D eigenvalue weighted by Crippen LogP contribution is 2.40. The lowest BCUT2D eigenvalue weighted by atomic mass is 9.95. The van der Waals surface area contributed by atoms with Gasteiger partial charge in [-0.3, -0.25) is 4.40 Å². The first-order valence-electron chi connectivity index (χ1n) is 14.2. The van der Waals surface area contributed by atoms with Gasteiger partial charge in [0, 0.05) is 43.3 Å². The molecular weight excluding hydrogens is 529 g/mol. The minimum absolute atomic E-state index is 1.000. The number of hydrogen-bond donors (Lipinski definition) is 0. The van der Waals surface area contributed by atoms with Gasteiger partial charge in [0.2, 0.25) is 0 Å². The van der Waals surface area contributed by atoms with Gasteiger partial charge in [-0.15, -0.1) is 11.3 Å². The van der Waals surface area contributed by atoms with Crippen LogP contribution in [0, 0.1) is 0 Å². The van der Waals surface area contributed by atoms with Crippen molar-refractivity contribution in [1.82, 2.24) is 9.38 Å². The zero-order valence-electron chi connectivity index (χ0n) is 22.7. The van der Waals surface area contributed by atoms with Gasteiger partial charge in [0.05, 0.1) is 5.52 Å². The van der Waals surface area contributed by atoms with Crippen molar-refractivity contribution in [3.63, 3.8) is 0 Å². The summed E-state index contributed by atoms with van der Waals surface area (Å²) in [6, 6.07) is 48.6. The number of imidazole rings is 1. The molecule has 0 radical (unpaired) electrons. The van der Waals surface area contributed by atoms with Gasteiger partial charge in [0.25, 0.3) is 0 Å². The van der Waals surface area contributed by atoms with E-state index in [-0.39, 0.29) is 0 Å². The van der Waals surface area contributed by atoms with Crippen LogP contribution >= 0.6 is 11.3 Å². The largest absolute Gasteiger partial charge is 0.299 e. The second kappa shape index (κ2) is 9.13. The van der Waals surface area contributed by atoms with Crippen LogP contribution in [0.4, 0.5) is 0 Å². The highest BCUT2D eigenvalue weighted by atomic mass is 32.1. The molecule has 0 aliphatic rings. The fourth-order valence-electron chi connectivity index (χ4n) is 6.45. The molecule has 0 saturated carbocycles. The third-order valence-corrected chi connectivity index (χ3v) is 9.70. The van der Waals surface area contributed by atoms with Gasteiger partial charge in [0.1, 0.15) is 5.65 Å². The topological polar surface area (TPSA) is 17.3 Å². The van der Waals surface area contributed by atoms with Crippen LogP contribution in [-0.4, -0.2) is 9.38 Å². The third-order valence-electron chi connectivity index (χ3n) is 8.48. The number of pyridine rings is 1. The Morgan fingerprint density at radius 3 is 2.02 bits per heavy atom. The van der Waals surface area contributed by atoms with Crippen molar-refractivity contribution in [2.75, 3.05) is 0 Å². The predicted octanol–water partition coefficient (Wildman–Crippen LogP) is 11.0. The van der Waals surface area contributed by atoms with E-state index >= 15 is 0 Å². The molecule has 0 N–H and O–H groups in total. The molecule has 0 aliphatic heterocycles. The molecule has 0 fully saturated rings. The summed E-state index contributed by atoms with van der Waals surface area (Å²) in [6.45, 7) is 0. The molecule has 0 bridgehead atoms. The lowest BCUT2D eigenvalue weighted by Gasteiger charge is -2.11. The van der Waals surface area contributed by atoms with Gasteiger partial charge in [-0.05, 0) is 63.0 Å². The van der Waals surface area contributed by atoms with E-state index in [2.05, 4.69) is 149 Å². The molecular formula is C39H24N2S. The summed E-state index contributed by atoms with van der Waals surface area (Å²) in [5.41, 5.74) is 9.57. The fraction of sp³-hybridized carbons (Fsp3) is 0. The molecule has 0 amide bonds. The highest BCUT2D eigenvalue weighted by molar-refractivity contribution is 7.26. The van der Waals surface area contributed by atoms with Crippen LogP contribution in [0.2, 0.25) is 0 Å². The van der Waals surface area contributed by atoms with Crippen molar-refractivity contribution in [2.45, 2.75) is 0 Å². The van der Waals surface area contributed by atoms with Crippen LogP contribution in [0.25, 0.3) is 80.9 Å². The molecule has 0 saturated heterocycles. The zero-order chi connectivity index (χ0) is 27.6. The van der Waals surface area contributed by atoms with Crippen molar-refractivity contribution in [1.29, 1.82) is 0 Å². The van der Waals surface area contributed by atoms with Gasteiger partial charge < -0.3 is 0 Å². The Hall–Kier alpha value is -5.25. The van der Waals surface area contributed by atoms with Crippen LogP contribution in [0.3, 0.4) is 0 Å². The number of fused-ring (bicyclic) bond motifs is 9. The Morgan fingerprint density at radius 2 is 1.14 bits per heavy atom. The van der Waals surface area contributed by atoms with Gasteiger partial charge >= 0.3 is 0 Å². The minimum atomic E-state index is 1.000. The van der Waals surface area contributed by atoms with Crippen molar-refractivity contribution in [3.05, 3.63) is 146 Å². The van der Waals surface area contributed by atoms with E-state index < -0.39 is 0 Å². The van der Waals surface area contributed by atoms with Crippen molar-refractivity contribution < 1.29 is 0 Å². The average molecular weight is 553 g/mol. The van der Waals surface area contributed by atoms with Crippen LogP contribution in [0.15, 0.2) is 146 Å². The molecule has 3 aromatic heterocycles. The molecule has 6 aromatic carbocycles. The van der Waals surface area contributed by atoms with Crippen molar-refractivity contribution in [2.24, 2.45) is 0 Å². The quantitative estimate of drug-likeness (QED) is 0.199. The maximum absolute atomic E-state index is 4.64. The van der Waals surface area contributed by atoms with Crippen LogP contribution in [-0.2, 0) is 0 Å². The van der Waals surface area contributed by atoms with Crippen molar-refractivity contribution in [3.8, 4) is 33.4 Å². The van der Waals surface area contributed by atoms with Crippen LogP contribution in [0.1, 0.15) is 0 Å². The number of hydrogen-bond acceptors (Lipinski definition) is 2. The standard InChI is InChI=1S/C39H24N2S/c1-2-11-34-31(9-1)35-24-29(19-20-36(35)41-22-21-40-39(34)41)28-8-5-7-27(23-28)25-15-17-26(18-16-25)30-12-6-13-33-32-10-3-4-14-37(32)42-38(30)33/h1-24H. The highest BCUT2D eigenvalue weighted by Gasteiger charge is 2.12. The molecule has 3 heteroatoms. The number of nitrogens with zero attached hydrogens (tertiary/aromatic N) is 2. The smallest absolute Gasteiger partial charge is 0.145 e. The molecule has 0 spiro atoms. The normalized spacial score (nSPS) is 11.8. The van der Waals surface area contributed by atoms with E-state index in [1.54, 1.807) is 0 Å². The summed E-state index contributed by atoms with van der Waals surface area (Å²) in [7, 11) is 0. The molecule has 0 atom stereocenters. The second-order valence-corrected chi connectivity index (χ2v) is 11.9. The van der Waals surface area contributed by atoms with E-state index in [0.29, 0.717) is 0 Å². The Morgan fingerprint density at radius 1 is 0.476 bits per heavy atom. The summed E-state index contributed by atoms with van der Waals surface area (Å²) in [5, 5.41) is 6.31. The van der Waals surface area contributed by atoms with Crippen LogP contribution in [0.5, 0.6) is 0 Å². The van der Waals surface area contributed by atoms with Crippen LogP contribution < -0.4 is 0 Å². The molecule has 9 aromatic rings. The Balaban J connectivity index is 1.12. The first-order valence-corrected chi connectivity index (χ1v) is 15.0. The maximum atomic E-state index is 4.64. The summed E-state index contributed by atoms with van der Waals surface area (Å²) in [6.07, 6.45) is 3.93. The van der Waals surface area contributed by atoms with Crippen molar-refractivity contribution >= 4 is 58.8 Å². The number of rotatable bonds is 3. The summed E-state index contributed by atoms with van der Waals surface area (Å²) in [5.74, 6) is 0. The van der Waals surface area contributed by atoms with E-state index in [1.165, 1.54) is 75.2 Å². The average Bonchev–Trinajstić information content (AvgIpc) is 3.71. The van der Waals surface area contributed by atoms with Gasteiger partial charge in [-0.1, -0.05) is 109 Å². The molecule has 0 aliphatic carbocycles. The van der Waals surface area contributed by atoms with Gasteiger partial charge in [-0.2, -0.15) is 0 Å². The van der Waals surface area contributed by atoms with E-state index in [1.807, 2.05) is 17.5 Å². The molecule has 3 heterocycles. The fourth-order valence-corrected chi connectivity index (χ4v) is 7.68. The predicted molar refractivity (Wildman–Crippen MR) is 179 cm³/mol. The van der Waals surface area contributed by atoms with E-state index in [4.69, 9.17) is 0 Å². The lowest BCUT2D eigenvalue weighted by molar-refractivity contribution is 1.27. The summed E-state index contributed by atoms with van der Waals surface area (Å²) >= 11 is 1.88. The zero-order valence-corrected chi connectivity index (χ0v) is 23.5. The third kappa shape index (κ3) is 3.54. The maximum Gasteiger partial charge on any atom is 0.145 e. The number of benzene rings is 6. The van der Waals surface area contributed by atoms with E-state index in [9.17, 15) is 0 Å². The number of thiophene rings is 1. The molecule has 42 heavy (non-hydrogen) atoms. The first-order chi connectivity index (χ1) is 20.8. The second-order valence-electron chi connectivity index (χ2n) is 10.8. The lowest BCUT2D eigenvalue weighted by Crippen LogP contribution is -1.91. The SMILES string of the molecule is c1cc(-c2ccc(-c3cccc4c3sc3ccccc34)cc2)cc(-c2ccc3c(c2)c2ccccc2c2nccn32)c1. The van der Waals surface area contributed by atoms with Gasteiger partial charge in [0.15, 0.2) is 0 Å². The van der Waals surface area contributed by atoms with E-state index in [0.717, 1.165) is 5.65 Å². The molecule has 196 valence electrons. The molecule has 0 unspecified atom stereocenters. The number of aromatic nitrogens is 2. The summed E-state index contributed by atoms with van der Waals surface area (Å²) in [4.78, 5) is 4.64.